The van der Waals surface area contributed by atoms with Crippen molar-refractivity contribution in [2.24, 2.45) is 0 Å². The molecule has 1 heterocycles. The summed E-state index contributed by atoms with van der Waals surface area (Å²) < 4.78 is 7.21. The van der Waals surface area contributed by atoms with E-state index in [-0.39, 0.29) is 5.97 Å². The van der Waals surface area contributed by atoms with Crippen molar-refractivity contribution in [2.75, 3.05) is 6.61 Å². The fourth-order valence-electron chi connectivity index (χ4n) is 3.52. The first-order chi connectivity index (χ1) is 14.2. The van der Waals surface area contributed by atoms with E-state index in [1.807, 2.05) is 24.3 Å². The minimum atomic E-state index is -0.319. The van der Waals surface area contributed by atoms with E-state index < -0.39 is 0 Å². The summed E-state index contributed by atoms with van der Waals surface area (Å²) in [5.41, 5.74) is 5.81. The van der Waals surface area contributed by atoms with Gasteiger partial charge in [0.2, 0.25) is 0 Å². The van der Waals surface area contributed by atoms with Gasteiger partial charge in [0.05, 0.1) is 6.61 Å². The van der Waals surface area contributed by atoms with Crippen molar-refractivity contribution in [1.29, 1.82) is 0 Å². The standard InChI is InChI=1S/C26H23NO2/c1-2-29-26(28)17-16-23-19-27(25-11-7-6-10-24(23)25)18-20-12-14-22(15-13-20)21-8-4-3-5-9-21/h3-17,19H,2,18H2,1H3/b17-16+. The van der Waals surface area contributed by atoms with E-state index in [1.165, 1.54) is 22.8 Å². The topological polar surface area (TPSA) is 31.2 Å². The Hall–Kier alpha value is -3.59. The zero-order chi connectivity index (χ0) is 20.1. The van der Waals surface area contributed by atoms with Crippen molar-refractivity contribution in [3.8, 4) is 11.1 Å². The smallest absolute Gasteiger partial charge is 0.330 e. The lowest BCUT2D eigenvalue weighted by Crippen LogP contribution is -1.98. The van der Waals surface area contributed by atoms with Gasteiger partial charge in [0.15, 0.2) is 0 Å². The SMILES string of the molecule is CCOC(=O)/C=C/c1cn(Cc2ccc(-c3ccccc3)cc2)c2ccccc12. The highest BCUT2D eigenvalue weighted by atomic mass is 16.5. The molecule has 0 radical (unpaired) electrons. The van der Waals surface area contributed by atoms with Gasteiger partial charge >= 0.3 is 5.97 Å². The van der Waals surface area contributed by atoms with Crippen LogP contribution >= 0.6 is 0 Å². The van der Waals surface area contributed by atoms with E-state index >= 15 is 0 Å². The summed E-state index contributed by atoms with van der Waals surface area (Å²) in [6.45, 7) is 2.95. The first-order valence-electron chi connectivity index (χ1n) is 9.81. The maximum Gasteiger partial charge on any atom is 0.330 e. The lowest BCUT2D eigenvalue weighted by molar-refractivity contribution is -0.137. The lowest BCUT2D eigenvalue weighted by atomic mass is 10.0. The van der Waals surface area contributed by atoms with E-state index in [4.69, 9.17) is 4.74 Å². The summed E-state index contributed by atoms with van der Waals surface area (Å²) in [5.74, 6) is -0.319. The molecule has 3 nitrogen and oxygen atoms in total. The van der Waals surface area contributed by atoms with Crippen LogP contribution in [0.25, 0.3) is 28.1 Å². The van der Waals surface area contributed by atoms with Crippen LogP contribution in [0, 0.1) is 0 Å². The van der Waals surface area contributed by atoms with Crippen LogP contribution in [0.3, 0.4) is 0 Å². The van der Waals surface area contributed by atoms with Crippen LogP contribution in [0.15, 0.2) is 91.1 Å². The van der Waals surface area contributed by atoms with Crippen molar-refractivity contribution in [1.82, 2.24) is 4.57 Å². The van der Waals surface area contributed by atoms with Crippen LogP contribution < -0.4 is 0 Å². The first kappa shape index (κ1) is 18.8. The van der Waals surface area contributed by atoms with Crippen LogP contribution in [0.1, 0.15) is 18.1 Å². The zero-order valence-electron chi connectivity index (χ0n) is 16.4. The molecule has 0 atom stereocenters. The Morgan fingerprint density at radius 3 is 2.34 bits per heavy atom. The molecule has 0 aliphatic heterocycles. The number of nitrogens with zero attached hydrogens (tertiary/aromatic N) is 1. The van der Waals surface area contributed by atoms with Crippen LogP contribution in [0.2, 0.25) is 0 Å². The first-order valence-corrected chi connectivity index (χ1v) is 9.81. The van der Waals surface area contributed by atoms with E-state index in [0.29, 0.717) is 6.61 Å². The molecule has 144 valence electrons. The van der Waals surface area contributed by atoms with Gasteiger partial charge in [-0.3, -0.25) is 0 Å². The van der Waals surface area contributed by atoms with Crippen molar-refractivity contribution >= 4 is 22.9 Å². The van der Waals surface area contributed by atoms with E-state index in [2.05, 4.69) is 71.4 Å². The zero-order valence-corrected chi connectivity index (χ0v) is 16.4. The van der Waals surface area contributed by atoms with Gasteiger partial charge in [-0.05, 0) is 35.8 Å². The molecule has 0 unspecified atom stereocenters. The average molecular weight is 381 g/mol. The molecule has 0 saturated carbocycles. The third-order valence-corrected chi connectivity index (χ3v) is 4.92. The van der Waals surface area contributed by atoms with Crippen LogP contribution in [-0.2, 0) is 16.1 Å². The summed E-state index contributed by atoms with van der Waals surface area (Å²) >= 11 is 0. The molecule has 0 amide bonds. The summed E-state index contributed by atoms with van der Waals surface area (Å²) in [5, 5.41) is 1.12. The lowest BCUT2D eigenvalue weighted by Gasteiger charge is -2.07. The maximum absolute atomic E-state index is 11.7. The highest BCUT2D eigenvalue weighted by molar-refractivity contribution is 5.94. The fourth-order valence-corrected chi connectivity index (χ4v) is 3.52. The van der Waals surface area contributed by atoms with Crippen molar-refractivity contribution in [3.63, 3.8) is 0 Å². The Balaban J connectivity index is 1.60. The third kappa shape index (κ3) is 4.30. The Morgan fingerprint density at radius 2 is 1.59 bits per heavy atom. The Kier molecular flexibility index (Phi) is 5.57. The van der Waals surface area contributed by atoms with E-state index in [1.54, 1.807) is 6.92 Å². The molecule has 0 N–H and O–H groups in total. The number of para-hydroxylation sites is 1. The second kappa shape index (κ2) is 8.61. The Morgan fingerprint density at radius 1 is 0.897 bits per heavy atom. The second-order valence-corrected chi connectivity index (χ2v) is 6.88. The fraction of sp³-hybridized carbons (Fsp3) is 0.115. The third-order valence-electron chi connectivity index (χ3n) is 4.92. The maximum atomic E-state index is 11.7. The highest BCUT2D eigenvalue weighted by Gasteiger charge is 2.07. The Labute approximate surface area is 170 Å². The quantitative estimate of drug-likeness (QED) is 0.306. The van der Waals surface area contributed by atoms with Gasteiger partial charge in [-0.15, -0.1) is 0 Å². The average Bonchev–Trinajstić information content (AvgIpc) is 3.11. The van der Waals surface area contributed by atoms with E-state index in [9.17, 15) is 4.79 Å². The molecule has 0 fully saturated rings. The van der Waals surface area contributed by atoms with Gasteiger partial charge < -0.3 is 9.30 Å². The van der Waals surface area contributed by atoms with Gasteiger partial charge in [-0.1, -0.05) is 72.8 Å². The molecule has 29 heavy (non-hydrogen) atoms. The molecular formula is C26H23NO2. The number of ether oxygens (including phenoxy) is 1. The highest BCUT2D eigenvalue weighted by Crippen LogP contribution is 2.25. The number of rotatable bonds is 6. The molecule has 0 spiro atoms. The molecule has 0 saturated heterocycles. The van der Waals surface area contributed by atoms with E-state index in [0.717, 1.165) is 23.0 Å². The second-order valence-electron chi connectivity index (χ2n) is 6.88. The number of aromatic nitrogens is 1. The number of hydrogen-bond donors (Lipinski definition) is 0. The number of fused-ring (bicyclic) bond motifs is 1. The molecule has 3 heteroatoms. The van der Waals surface area contributed by atoms with Gasteiger partial charge in [-0.25, -0.2) is 4.79 Å². The Bertz CT molecular complexity index is 1140. The molecular weight excluding hydrogens is 358 g/mol. The summed E-state index contributed by atoms with van der Waals surface area (Å²) in [4.78, 5) is 11.7. The minimum Gasteiger partial charge on any atom is -0.463 e. The van der Waals surface area contributed by atoms with Gasteiger partial charge in [-0.2, -0.15) is 0 Å². The molecule has 3 aromatic carbocycles. The van der Waals surface area contributed by atoms with Crippen LogP contribution in [-0.4, -0.2) is 17.1 Å². The summed E-state index contributed by atoms with van der Waals surface area (Å²) in [6.07, 6.45) is 5.41. The normalized spacial score (nSPS) is 11.2. The van der Waals surface area contributed by atoms with Crippen molar-refractivity contribution in [3.05, 3.63) is 102 Å². The van der Waals surface area contributed by atoms with Gasteiger partial charge in [0.1, 0.15) is 0 Å². The number of benzene rings is 3. The van der Waals surface area contributed by atoms with Crippen molar-refractivity contribution in [2.45, 2.75) is 13.5 Å². The molecule has 0 aliphatic carbocycles. The largest absolute Gasteiger partial charge is 0.463 e. The molecule has 0 bridgehead atoms. The van der Waals surface area contributed by atoms with Crippen LogP contribution in [0.5, 0.6) is 0 Å². The summed E-state index contributed by atoms with van der Waals surface area (Å²) in [7, 11) is 0. The number of carbonyl (C=O) groups excluding carboxylic acids is 1. The van der Waals surface area contributed by atoms with Gasteiger partial charge in [0, 0.05) is 35.3 Å². The number of esters is 1. The molecule has 0 aliphatic rings. The number of carbonyl (C=O) groups is 1. The minimum absolute atomic E-state index is 0.319. The number of hydrogen-bond acceptors (Lipinski definition) is 2. The molecule has 4 rings (SSSR count). The van der Waals surface area contributed by atoms with Crippen LogP contribution in [0.4, 0.5) is 0 Å². The van der Waals surface area contributed by atoms with Gasteiger partial charge in [0.25, 0.3) is 0 Å². The van der Waals surface area contributed by atoms with Crippen molar-refractivity contribution < 1.29 is 9.53 Å². The molecule has 4 aromatic rings. The molecule has 1 aromatic heterocycles. The predicted octanol–water partition coefficient (Wildman–Crippen LogP) is 5.93. The summed E-state index contributed by atoms with van der Waals surface area (Å²) in [6, 6.07) is 27.3. The monoisotopic (exact) mass is 381 g/mol. The predicted molar refractivity (Wildman–Crippen MR) is 119 cm³/mol.